The first-order valence-corrected chi connectivity index (χ1v) is 9.71. The van der Waals surface area contributed by atoms with Crippen LogP contribution in [0.2, 0.25) is 0 Å². The quantitative estimate of drug-likeness (QED) is 0.417. The molecule has 0 fully saturated rings. The van der Waals surface area contributed by atoms with Crippen LogP contribution in [0.5, 0.6) is 0 Å². The Balaban J connectivity index is 1.61. The number of carbonyl (C=O) groups excluding carboxylic acids is 2. The summed E-state index contributed by atoms with van der Waals surface area (Å²) >= 11 is 0. The summed E-state index contributed by atoms with van der Waals surface area (Å²) in [6.45, 7) is 0.818. The predicted molar refractivity (Wildman–Crippen MR) is 111 cm³/mol. The van der Waals surface area contributed by atoms with Crippen LogP contribution in [-0.2, 0) is 33.9 Å². The van der Waals surface area contributed by atoms with Gasteiger partial charge in [-0.3, -0.25) is 9.59 Å². The molecule has 1 atom stereocenters. The highest BCUT2D eigenvalue weighted by atomic mass is 16.5. The molecule has 0 aliphatic rings. The van der Waals surface area contributed by atoms with Crippen LogP contribution in [0.4, 0.5) is 4.79 Å². The maximum atomic E-state index is 12.1. The van der Waals surface area contributed by atoms with Gasteiger partial charge in [0.15, 0.2) is 0 Å². The van der Waals surface area contributed by atoms with Crippen LogP contribution >= 0.6 is 0 Å². The average Bonchev–Trinajstić information content (AvgIpc) is 2.74. The van der Waals surface area contributed by atoms with Gasteiger partial charge in [0.1, 0.15) is 6.61 Å². The number of rotatable bonds is 11. The Kier molecular flexibility index (Phi) is 9.33. The van der Waals surface area contributed by atoms with E-state index in [-0.39, 0.29) is 25.5 Å². The van der Waals surface area contributed by atoms with E-state index in [1.807, 2.05) is 36.4 Å². The minimum Gasteiger partial charge on any atom is -0.481 e. The van der Waals surface area contributed by atoms with E-state index in [2.05, 4.69) is 10.6 Å². The molecule has 2 aromatic carbocycles. The number of ether oxygens (including phenoxy) is 1. The minimum atomic E-state index is -0.907. The van der Waals surface area contributed by atoms with Gasteiger partial charge in [-0.1, -0.05) is 54.6 Å². The van der Waals surface area contributed by atoms with Crippen molar-refractivity contribution in [3.05, 3.63) is 71.3 Å². The number of carboxylic acid groups (broad SMARTS) is 1. The molecule has 2 rings (SSSR count). The number of amides is 2. The van der Waals surface area contributed by atoms with Gasteiger partial charge in [-0.25, -0.2) is 4.79 Å². The standard InChI is InChI=1S/C22H27N3O5/c23-19(10-5-11-24-22(29)30-15-16-6-2-1-3-7-16)21(28)25-14-18-9-4-8-17(12-18)13-20(26)27/h1-4,6-9,12,19H,5,10-11,13-15,23H2,(H,24,29)(H,25,28)(H,26,27)/t19-/m0/s1. The van der Waals surface area contributed by atoms with Crippen molar-refractivity contribution in [2.75, 3.05) is 6.54 Å². The summed E-state index contributed by atoms with van der Waals surface area (Å²) in [6.07, 6.45) is 0.354. The Morgan fingerprint density at radius 1 is 0.967 bits per heavy atom. The summed E-state index contributed by atoms with van der Waals surface area (Å²) in [4.78, 5) is 34.6. The molecule has 0 saturated carbocycles. The molecule has 0 aliphatic carbocycles. The third-order valence-corrected chi connectivity index (χ3v) is 4.32. The lowest BCUT2D eigenvalue weighted by atomic mass is 10.1. The van der Waals surface area contributed by atoms with Crippen molar-refractivity contribution in [3.8, 4) is 0 Å². The van der Waals surface area contributed by atoms with E-state index < -0.39 is 18.1 Å². The number of nitrogens with two attached hydrogens (primary N) is 1. The maximum absolute atomic E-state index is 12.1. The minimum absolute atomic E-state index is 0.0674. The SMILES string of the molecule is N[C@@H](CCCNC(=O)OCc1ccccc1)C(=O)NCc1cccc(CC(=O)O)c1. The van der Waals surface area contributed by atoms with Gasteiger partial charge in [0.05, 0.1) is 12.5 Å². The summed E-state index contributed by atoms with van der Waals surface area (Å²) in [7, 11) is 0. The summed E-state index contributed by atoms with van der Waals surface area (Å²) in [5.74, 6) is -1.21. The molecule has 2 amide bonds. The Hall–Kier alpha value is -3.39. The van der Waals surface area contributed by atoms with Crippen molar-refractivity contribution in [1.29, 1.82) is 0 Å². The first kappa shape index (κ1) is 22.9. The van der Waals surface area contributed by atoms with E-state index in [1.54, 1.807) is 18.2 Å². The molecule has 30 heavy (non-hydrogen) atoms. The molecule has 0 bridgehead atoms. The number of carbonyl (C=O) groups is 3. The summed E-state index contributed by atoms with van der Waals surface area (Å²) in [5, 5.41) is 14.2. The van der Waals surface area contributed by atoms with E-state index >= 15 is 0 Å². The molecule has 0 radical (unpaired) electrons. The highest BCUT2D eigenvalue weighted by Gasteiger charge is 2.13. The number of aliphatic carboxylic acids is 1. The fraction of sp³-hybridized carbons (Fsp3) is 0.318. The van der Waals surface area contributed by atoms with Crippen molar-refractivity contribution in [3.63, 3.8) is 0 Å². The van der Waals surface area contributed by atoms with Gasteiger partial charge in [0, 0.05) is 13.1 Å². The average molecular weight is 413 g/mol. The van der Waals surface area contributed by atoms with E-state index in [1.165, 1.54) is 0 Å². The number of nitrogens with one attached hydrogen (secondary N) is 2. The Labute approximate surface area is 175 Å². The highest BCUT2D eigenvalue weighted by Crippen LogP contribution is 2.06. The fourth-order valence-corrected chi connectivity index (χ4v) is 2.76. The molecule has 0 heterocycles. The van der Waals surface area contributed by atoms with E-state index in [4.69, 9.17) is 15.6 Å². The normalized spacial score (nSPS) is 11.4. The molecule has 0 unspecified atom stereocenters. The number of hydrogen-bond acceptors (Lipinski definition) is 5. The molecule has 2 aromatic rings. The molecule has 8 nitrogen and oxygen atoms in total. The van der Waals surface area contributed by atoms with E-state index in [9.17, 15) is 14.4 Å². The van der Waals surface area contributed by atoms with Crippen LogP contribution in [0.3, 0.4) is 0 Å². The molecule has 0 spiro atoms. The van der Waals surface area contributed by atoms with Crippen LogP contribution < -0.4 is 16.4 Å². The lowest BCUT2D eigenvalue weighted by molar-refractivity contribution is -0.136. The third-order valence-electron chi connectivity index (χ3n) is 4.32. The summed E-state index contributed by atoms with van der Waals surface area (Å²) in [6, 6.07) is 15.7. The second-order valence-electron chi connectivity index (χ2n) is 6.85. The second kappa shape index (κ2) is 12.2. The topological polar surface area (TPSA) is 131 Å². The van der Waals surface area contributed by atoms with Crippen molar-refractivity contribution < 1.29 is 24.2 Å². The van der Waals surface area contributed by atoms with Crippen LogP contribution in [-0.4, -0.2) is 35.7 Å². The predicted octanol–water partition coefficient (Wildman–Crippen LogP) is 1.96. The Bertz CT molecular complexity index is 842. The van der Waals surface area contributed by atoms with Gasteiger partial charge in [-0.2, -0.15) is 0 Å². The van der Waals surface area contributed by atoms with Gasteiger partial charge < -0.3 is 26.2 Å². The van der Waals surface area contributed by atoms with Crippen LogP contribution in [0, 0.1) is 0 Å². The number of carboxylic acids is 1. The molecular weight excluding hydrogens is 386 g/mol. The van der Waals surface area contributed by atoms with Gasteiger partial charge in [-0.15, -0.1) is 0 Å². The fourth-order valence-electron chi connectivity index (χ4n) is 2.76. The van der Waals surface area contributed by atoms with Crippen molar-refractivity contribution in [2.45, 2.75) is 38.5 Å². The molecule has 0 aliphatic heterocycles. The lowest BCUT2D eigenvalue weighted by Gasteiger charge is -2.13. The smallest absolute Gasteiger partial charge is 0.407 e. The number of hydrogen-bond donors (Lipinski definition) is 4. The molecule has 8 heteroatoms. The second-order valence-corrected chi connectivity index (χ2v) is 6.85. The monoisotopic (exact) mass is 413 g/mol. The zero-order valence-corrected chi connectivity index (χ0v) is 16.7. The summed E-state index contributed by atoms with van der Waals surface area (Å²) < 4.78 is 5.11. The van der Waals surface area contributed by atoms with Crippen LogP contribution in [0.1, 0.15) is 29.5 Å². The van der Waals surface area contributed by atoms with Gasteiger partial charge >= 0.3 is 12.1 Å². The lowest BCUT2D eigenvalue weighted by Crippen LogP contribution is -2.40. The van der Waals surface area contributed by atoms with E-state index in [0.717, 1.165) is 11.1 Å². The molecule has 5 N–H and O–H groups in total. The molecule has 0 aromatic heterocycles. The largest absolute Gasteiger partial charge is 0.481 e. The first-order valence-electron chi connectivity index (χ1n) is 9.71. The zero-order chi connectivity index (χ0) is 21.8. The van der Waals surface area contributed by atoms with Gasteiger partial charge in [0.2, 0.25) is 5.91 Å². The van der Waals surface area contributed by atoms with E-state index in [0.29, 0.717) is 24.9 Å². The van der Waals surface area contributed by atoms with Crippen molar-refractivity contribution in [1.82, 2.24) is 10.6 Å². The van der Waals surface area contributed by atoms with Gasteiger partial charge in [0.25, 0.3) is 0 Å². The Morgan fingerprint density at radius 2 is 1.67 bits per heavy atom. The number of alkyl carbamates (subject to hydrolysis) is 1. The molecule has 0 saturated heterocycles. The zero-order valence-electron chi connectivity index (χ0n) is 16.7. The third kappa shape index (κ3) is 8.74. The first-order chi connectivity index (χ1) is 14.4. The van der Waals surface area contributed by atoms with Crippen LogP contribution in [0.15, 0.2) is 54.6 Å². The van der Waals surface area contributed by atoms with Gasteiger partial charge in [-0.05, 0) is 29.5 Å². The highest BCUT2D eigenvalue weighted by molar-refractivity contribution is 5.81. The van der Waals surface area contributed by atoms with Crippen molar-refractivity contribution >= 4 is 18.0 Å². The summed E-state index contributed by atoms with van der Waals surface area (Å²) in [5.41, 5.74) is 8.27. The Morgan fingerprint density at radius 3 is 2.40 bits per heavy atom. The molecule has 160 valence electrons. The number of benzene rings is 2. The van der Waals surface area contributed by atoms with Crippen LogP contribution in [0.25, 0.3) is 0 Å². The molecular formula is C22H27N3O5. The van der Waals surface area contributed by atoms with Crippen molar-refractivity contribution in [2.24, 2.45) is 5.73 Å². The maximum Gasteiger partial charge on any atom is 0.407 e.